The van der Waals surface area contributed by atoms with Crippen LogP contribution in [0.3, 0.4) is 0 Å². The van der Waals surface area contributed by atoms with Gasteiger partial charge in [-0.2, -0.15) is 5.26 Å². The predicted molar refractivity (Wildman–Crippen MR) is 50.0 cm³/mol. The van der Waals surface area contributed by atoms with Crippen LogP contribution in [-0.2, 0) is 17.1 Å². The number of hydrogen-bond acceptors (Lipinski definition) is 3. The second-order valence-corrected chi connectivity index (χ2v) is 3.73. The number of rotatable bonds is 3. The van der Waals surface area contributed by atoms with Crippen LogP contribution >= 0.6 is 0 Å². The van der Waals surface area contributed by atoms with Crippen LogP contribution in [-0.4, -0.2) is 14.2 Å². The summed E-state index contributed by atoms with van der Waals surface area (Å²) in [6, 6.07) is 8.93. The minimum absolute atomic E-state index is 0.168. The quantitative estimate of drug-likeness (QED) is 0.723. The van der Waals surface area contributed by atoms with E-state index in [1.165, 1.54) is 0 Å². The second kappa shape index (κ2) is 4.63. The van der Waals surface area contributed by atoms with Crippen LogP contribution in [0.15, 0.2) is 24.3 Å². The van der Waals surface area contributed by atoms with Crippen molar-refractivity contribution in [3.8, 4) is 6.07 Å². The highest BCUT2D eigenvalue weighted by molar-refractivity contribution is 7.72. The van der Waals surface area contributed by atoms with Gasteiger partial charge in [-0.1, -0.05) is 12.1 Å². The number of aryl methyl sites for hydroxylation is 1. The third-order valence-electron chi connectivity index (χ3n) is 1.67. The summed E-state index contributed by atoms with van der Waals surface area (Å²) in [5.41, 5.74) is 1.54. The molecule has 0 aromatic heterocycles. The fourth-order valence-corrected chi connectivity index (χ4v) is 1.41. The molecule has 0 spiro atoms. The Morgan fingerprint density at radius 1 is 1.23 bits per heavy atom. The summed E-state index contributed by atoms with van der Waals surface area (Å²) < 4.78 is 20.6. The highest BCUT2D eigenvalue weighted by Crippen LogP contribution is 2.03. The number of hydrogen-bond donors (Lipinski definition) is 1. The van der Waals surface area contributed by atoms with E-state index in [2.05, 4.69) is 0 Å². The average molecular weight is 195 g/mol. The Labute approximate surface area is 78.6 Å². The Morgan fingerprint density at radius 3 is 2.31 bits per heavy atom. The molecule has 0 saturated heterocycles. The van der Waals surface area contributed by atoms with E-state index < -0.39 is 10.7 Å². The first-order chi connectivity index (χ1) is 6.22. The SMILES string of the molecule is N#Cc1ccc(CC[SH](=O)=O)cc1. The molecule has 4 heteroatoms. The summed E-state index contributed by atoms with van der Waals surface area (Å²) in [5.74, 6) is 0.168. The molecule has 3 nitrogen and oxygen atoms in total. The molecule has 0 N–H and O–H groups in total. The van der Waals surface area contributed by atoms with Gasteiger partial charge in [0.25, 0.3) is 0 Å². The lowest BCUT2D eigenvalue weighted by Crippen LogP contribution is -1.93. The van der Waals surface area contributed by atoms with E-state index in [9.17, 15) is 8.42 Å². The lowest BCUT2D eigenvalue weighted by atomic mass is 10.1. The zero-order chi connectivity index (χ0) is 9.68. The van der Waals surface area contributed by atoms with Gasteiger partial charge in [0.15, 0.2) is 0 Å². The zero-order valence-corrected chi connectivity index (χ0v) is 7.83. The normalized spacial score (nSPS) is 9.85. The Kier molecular flexibility index (Phi) is 3.47. The molecule has 0 bridgehead atoms. The van der Waals surface area contributed by atoms with Crippen LogP contribution < -0.4 is 0 Å². The van der Waals surface area contributed by atoms with Crippen molar-refractivity contribution in [3.05, 3.63) is 35.4 Å². The maximum Gasteiger partial charge on any atom is 0.140 e. The third-order valence-corrected chi connectivity index (χ3v) is 2.25. The largest absolute Gasteiger partial charge is 0.232 e. The molecule has 0 radical (unpaired) electrons. The van der Waals surface area contributed by atoms with Crippen molar-refractivity contribution in [3.63, 3.8) is 0 Å². The maximum absolute atomic E-state index is 10.3. The molecule has 0 unspecified atom stereocenters. The van der Waals surface area contributed by atoms with Crippen LogP contribution in [0, 0.1) is 11.3 Å². The first-order valence-electron chi connectivity index (χ1n) is 3.83. The molecule has 13 heavy (non-hydrogen) atoms. The maximum atomic E-state index is 10.3. The van der Waals surface area contributed by atoms with Crippen LogP contribution in [0.4, 0.5) is 0 Å². The standard InChI is InChI=1S/C9H9NO2S/c10-7-9-3-1-8(2-4-9)5-6-13(11)12/h1-4,13H,5-6H2. The van der Waals surface area contributed by atoms with E-state index in [1.54, 1.807) is 24.3 Å². The third kappa shape index (κ3) is 3.26. The van der Waals surface area contributed by atoms with Crippen LogP contribution in [0.25, 0.3) is 0 Å². The lowest BCUT2D eigenvalue weighted by Gasteiger charge is -1.96. The lowest BCUT2D eigenvalue weighted by molar-refractivity contribution is 0.614. The first-order valence-corrected chi connectivity index (χ1v) is 5.19. The average Bonchev–Trinajstić information content (AvgIpc) is 2.15. The Bertz CT molecular complexity index is 379. The second-order valence-electron chi connectivity index (χ2n) is 2.62. The van der Waals surface area contributed by atoms with E-state index in [0.717, 1.165) is 5.56 Å². The van der Waals surface area contributed by atoms with Gasteiger partial charge < -0.3 is 0 Å². The van der Waals surface area contributed by atoms with Crippen molar-refractivity contribution >= 4 is 10.7 Å². The van der Waals surface area contributed by atoms with Gasteiger partial charge in [0, 0.05) is 0 Å². The Hall–Kier alpha value is -1.34. The van der Waals surface area contributed by atoms with Crippen LogP contribution in [0.5, 0.6) is 0 Å². The number of benzene rings is 1. The first kappa shape index (κ1) is 9.75. The fraction of sp³-hybridized carbons (Fsp3) is 0.222. The Balaban J connectivity index is 2.65. The van der Waals surface area contributed by atoms with Crippen LogP contribution in [0.1, 0.15) is 11.1 Å². The van der Waals surface area contributed by atoms with Gasteiger partial charge in [-0.15, -0.1) is 0 Å². The van der Waals surface area contributed by atoms with Crippen molar-refractivity contribution in [2.24, 2.45) is 0 Å². The van der Waals surface area contributed by atoms with E-state index in [1.807, 2.05) is 6.07 Å². The van der Waals surface area contributed by atoms with Crippen molar-refractivity contribution in [2.75, 3.05) is 5.75 Å². The molecule has 0 aliphatic heterocycles. The zero-order valence-electron chi connectivity index (χ0n) is 6.93. The van der Waals surface area contributed by atoms with Gasteiger partial charge in [0.05, 0.1) is 17.4 Å². The summed E-state index contributed by atoms with van der Waals surface area (Å²) in [6.45, 7) is 0. The fourth-order valence-electron chi connectivity index (χ4n) is 0.966. The molecule has 0 saturated carbocycles. The summed E-state index contributed by atoms with van der Waals surface area (Å²) in [7, 11) is -2.30. The molecule has 0 heterocycles. The number of nitrogens with zero attached hydrogens (tertiary/aromatic N) is 1. The van der Waals surface area contributed by atoms with E-state index >= 15 is 0 Å². The molecular weight excluding hydrogens is 186 g/mol. The van der Waals surface area contributed by atoms with Crippen molar-refractivity contribution in [1.29, 1.82) is 5.26 Å². The minimum atomic E-state index is -2.30. The molecule has 0 aliphatic rings. The number of thiol groups is 1. The van der Waals surface area contributed by atoms with Gasteiger partial charge in [-0.3, -0.25) is 0 Å². The molecule has 68 valence electrons. The smallest absolute Gasteiger partial charge is 0.140 e. The molecule has 0 atom stereocenters. The molecule has 0 amide bonds. The molecule has 1 aromatic rings. The molecule has 0 fully saturated rings. The highest BCUT2D eigenvalue weighted by atomic mass is 32.2. The van der Waals surface area contributed by atoms with Crippen molar-refractivity contribution < 1.29 is 8.42 Å². The van der Waals surface area contributed by atoms with Crippen molar-refractivity contribution in [1.82, 2.24) is 0 Å². The van der Waals surface area contributed by atoms with E-state index in [4.69, 9.17) is 5.26 Å². The number of nitriles is 1. The predicted octanol–water partition coefficient (Wildman–Crippen LogP) is 0.712. The summed E-state index contributed by atoms with van der Waals surface area (Å²) >= 11 is 0. The monoisotopic (exact) mass is 195 g/mol. The van der Waals surface area contributed by atoms with Gasteiger partial charge >= 0.3 is 0 Å². The summed E-state index contributed by atoms with van der Waals surface area (Å²) in [5, 5.41) is 8.50. The van der Waals surface area contributed by atoms with Gasteiger partial charge in [-0.25, -0.2) is 8.42 Å². The molecule has 0 aliphatic carbocycles. The van der Waals surface area contributed by atoms with Gasteiger partial charge in [-0.05, 0) is 24.1 Å². The summed E-state index contributed by atoms with van der Waals surface area (Å²) in [4.78, 5) is 0. The molecule has 1 rings (SSSR count). The highest BCUT2D eigenvalue weighted by Gasteiger charge is 1.94. The minimum Gasteiger partial charge on any atom is -0.232 e. The molecule has 1 aromatic carbocycles. The van der Waals surface area contributed by atoms with Gasteiger partial charge in [0.2, 0.25) is 0 Å². The van der Waals surface area contributed by atoms with E-state index in [0.29, 0.717) is 12.0 Å². The summed E-state index contributed by atoms with van der Waals surface area (Å²) in [6.07, 6.45) is 0.518. The topological polar surface area (TPSA) is 57.9 Å². The molecular formula is C9H9NO2S. The van der Waals surface area contributed by atoms with Crippen molar-refractivity contribution in [2.45, 2.75) is 6.42 Å². The van der Waals surface area contributed by atoms with Gasteiger partial charge in [0.1, 0.15) is 10.7 Å². The van der Waals surface area contributed by atoms with E-state index in [-0.39, 0.29) is 5.75 Å². The Morgan fingerprint density at radius 2 is 1.85 bits per heavy atom. The van der Waals surface area contributed by atoms with Crippen LogP contribution in [0.2, 0.25) is 0 Å².